The molecule has 3 aliphatic rings. The summed E-state index contributed by atoms with van der Waals surface area (Å²) in [4.78, 5) is 51.2. The van der Waals surface area contributed by atoms with Crippen molar-refractivity contribution >= 4 is 30.0 Å². The number of piperidine rings is 2. The van der Waals surface area contributed by atoms with Gasteiger partial charge in [-0.1, -0.05) is 44.2 Å². The fourth-order valence-corrected chi connectivity index (χ4v) is 8.05. The molecule has 1 aromatic carbocycles. The Balaban J connectivity index is 1.33. The molecular formula is C41H58N4O10. The molecule has 3 aliphatic heterocycles. The van der Waals surface area contributed by atoms with Crippen LogP contribution in [0.1, 0.15) is 108 Å². The van der Waals surface area contributed by atoms with Crippen LogP contribution in [0.4, 0.5) is 0 Å². The van der Waals surface area contributed by atoms with Crippen LogP contribution in [-0.4, -0.2) is 109 Å². The molecule has 0 radical (unpaired) electrons. The summed E-state index contributed by atoms with van der Waals surface area (Å²) < 4.78 is 34.5. The number of hydrogen-bond acceptors (Lipinski definition) is 13. The van der Waals surface area contributed by atoms with Gasteiger partial charge in [-0.05, 0) is 86.7 Å². The van der Waals surface area contributed by atoms with E-state index in [2.05, 4.69) is 57.7 Å². The first-order valence-corrected chi connectivity index (χ1v) is 19.5. The van der Waals surface area contributed by atoms with Crippen molar-refractivity contribution in [2.75, 3.05) is 39.3 Å². The quantitative estimate of drug-likeness (QED) is 0.200. The highest BCUT2D eigenvalue weighted by atomic mass is 16.7. The van der Waals surface area contributed by atoms with Gasteiger partial charge in [-0.15, -0.1) is 5.10 Å². The zero-order valence-electron chi connectivity index (χ0n) is 33.3. The lowest BCUT2D eigenvalue weighted by molar-refractivity contribution is -0.289. The van der Waals surface area contributed by atoms with E-state index in [0.29, 0.717) is 11.8 Å². The van der Waals surface area contributed by atoms with Gasteiger partial charge in [0, 0.05) is 58.5 Å². The SMILES string of the molecule is CC(=O)OCC1OC(Oc2n[nH]c(C(C)C)c2Cc2ccc(C=CCCN3CCCC4(CCNCC4)C3)cc2C)C(OC(C)=O)C(OC(C)=O)C1OC(C)=O. The number of H-pyrrole nitrogens is 1. The van der Waals surface area contributed by atoms with Gasteiger partial charge < -0.3 is 38.6 Å². The molecule has 14 nitrogen and oxygen atoms in total. The Labute approximate surface area is 323 Å². The lowest BCUT2D eigenvalue weighted by Crippen LogP contribution is -2.63. The third-order valence-electron chi connectivity index (χ3n) is 10.7. The lowest BCUT2D eigenvalue weighted by Gasteiger charge is -2.45. The van der Waals surface area contributed by atoms with Crippen LogP contribution in [0.5, 0.6) is 5.88 Å². The first-order chi connectivity index (χ1) is 26.2. The Kier molecular flexibility index (Phi) is 14.5. The second-order valence-corrected chi connectivity index (χ2v) is 15.4. The first-order valence-electron chi connectivity index (χ1n) is 19.5. The van der Waals surface area contributed by atoms with Crippen molar-refractivity contribution in [3.8, 4) is 5.88 Å². The van der Waals surface area contributed by atoms with E-state index in [1.165, 1.54) is 66.5 Å². The molecule has 2 N–H and O–H groups in total. The van der Waals surface area contributed by atoms with E-state index in [1.54, 1.807) is 0 Å². The number of carbonyl (C=O) groups is 4. The maximum Gasteiger partial charge on any atom is 0.303 e. The number of likely N-dealkylation sites (tertiary alicyclic amines) is 1. The average molecular weight is 767 g/mol. The van der Waals surface area contributed by atoms with Gasteiger partial charge in [0.15, 0.2) is 12.2 Å². The number of aryl methyl sites for hydroxylation is 1. The molecule has 0 bridgehead atoms. The number of ether oxygens (including phenoxy) is 6. The van der Waals surface area contributed by atoms with Crippen LogP contribution in [0.3, 0.4) is 0 Å². The minimum absolute atomic E-state index is 0.0438. The first kappa shape index (κ1) is 41.9. The second kappa shape index (κ2) is 19.1. The summed E-state index contributed by atoms with van der Waals surface area (Å²) in [7, 11) is 0. The molecular weight excluding hydrogens is 708 g/mol. The van der Waals surface area contributed by atoms with Gasteiger partial charge in [0.1, 0.15) is 12.7 Å². The molecule has 0 amide bonds. The lowest BCUT2D eigenvalue weighted by atomic mass is 9.73. The van der Waals surface area contributed by atoms with Gasteiger partial charge in [0.05, 0.1) is 0 Å². The summed E-state index contributed by atoms with van der Waals surface area (Å²) in [5, 5.41) is 11.1. The molecule has 3 fully saturated rings. The second-order valence-electron chi connectivity index (χ2n) is 15.4. The number of esters is 4. The smallest absolute Gasteiger partial charge is 0.303 e. The van der Waals surface area contributed by atoms with Gasteiger partial charge in [-0.3, -0.25) is 24.3 Å². The predicted molar refractivity (Wildman–Crippen MR) is 203 cm³/mol. The van der Waals surface area contributed by atoms with Crippen LogP contribution < -0.4 is 10.1 Å². The largest absolute Gasteiger partial charge is 0.463 e. The van der Waals surface area contributed by atoms with Crippen LogP contribution in [0.15, 0.2) is 24.3 Å². The van der Waals surface area contributed by atoms with E-state index >= 15 is 0 Å². The van der Waals surface area contributed by atoms with Crippen molar-refractivity contribution in [1.82, 2.24) is 20.4 Å². The van der Waals surface area contributed by atoms with Gasteiger partial charge in [0.2, 0.25) is 18.3 Å². The summed E-state index contributed by atoms with van der Waals surface area (Å²) in [5.74, 6) is -2.53. The highest BCUT2D eigenvalue weighted by Crippen LogP contribution is 2.38. The molecule has 5 rings (SSSR count). The van der Waals surface area contributed by atoms with E-state index in [0.717, 1.165) is 54.0 Å². The maximum atomic E-state index is 12.4. The Hall–Kier alpha value is -4.27. The number of nitrogens with one attached hydrogen (secondary N) is 2. The summed E-state index contributed by atoms with van der Waals surface area (Å²) in [5.41, 5.74) is 5.39. The molecule has 5 atom stereocenters. The van der Waals surface area contributed by atoms with Crippen LogP contribution in [0.2, 0.25) is 0 Å². The highest BCUT2D eigenvalue weighted by Gasteiger charge is 2.53. The topological polar surface area (TPSA) is 168 Å². The average Bonchev–Trinajstić information content (AvgIpc) is 3.51. The van der Waals surface area contributed by atoms with Crippen molar-refractivity contribution in [3.05, 3.63) is 52.2 Å². The van der Waals surface area contributed by atoms with Crippen molar-refractivity contribution in [2.24, 2.45) is 5.41 Å². The molecule has 302 valence electrons. The third-order valence-corrected chi connectivity index (χ3v) is 10.7. The Morgan fingerprint density at radius 2 is 1.65 bits per heavy atom. The highest BCUT2D eigenvalue weighted by molar-refractivity contribution is 5.68. The molecule has 0 aliphatic carbocycles. The fourth-order valence-electron chi connectivity index (χ4n) is 8.05. The van der Waals surface area contributed by atoms with Gasteiger partial charge in [-0.2, -0.15) is 0 Å². The van der Waals surface area contributed by atoms with Crippen molar-refractivity contribution in [2.45, 2.75) is 124 Å². The van der Waals surface area contributed by atoms with Gasteiger partial charge in [0.25, 0.3) is 0 Å². The van der Waals surface area contributed by atoms with Crippen molar-refractivity contribution in [1.29, 1.82) is 0 Å². The summed E-state index contributed by atoms with van der Waals surface area (Å²) in [6.45, 7) is 16.3. The maximum absolute atomic E-state index is 12.4. The van der Waals surface area contributed by atoms with E-state index in [1.807, 2.05) is 13.8 Å². The molecule has 14 heteroatoms. The van der Waals surface area contributed by atoms with Gasteiger partial charge in [-0.25, -0.2) is 0 Å². The summed E-state index contributed by atoms with van der Waals surface area (Å²) in [6, 6.07) is 6.39. The van der Waals surface area contributed by atoms with E-state index in [-0.39, 0.29) is 18.4 Å². The van der Waals surface area contributed by atoms with E-state index in [9.17, 15) is 19.2 Å². The zero-order chi connectivity index (χ0) is 39.7. The molecule has 0 saturated carbocycles. The third kappa shape index (κ3) is 11.4. The van der Waals surface area contributed by atoms with Gasteiger partial charge >= 0.3 is 23.9 Å². The Bertz CT molecular complexity index is 1680. The number of aromatic nitrogens is 2. The summed E-state index contributed by atoms with van der Waals surface area (Å²) in [6.07, 6.45) is 4.57. The van der Waals surface area contributed by atoms with E-state index in [4.69, 9.17) is 28.4 Å². The Morgan fingerprint density at radius 3 is 2.31 bits per heavy atom. The van der Waals surface area contributed by atoms with Crippen molar-refractivity contribution < 1.29 is 47.6 Å². The van der Waals surface area contributed by atoms with Crippen LogP contribution in [0.25, 0.3) is 6.08 Å². The zero-order valence-corrected chi connectivity index (χ0v) is 33.3. The number of carbonyl (C=O) groups excluding carboxylic acids is 4. The molecule has 4 heterocycles. The van der Waals surface area contributed by atoms with E-state index < -0.39 is 54.6 Å². The number of benzene rings is 1. The Morgan fingerprint density at radius 1 is 0.964 bits per heavy atom. The molecule has 2 aromatic rings. The minimum Gasteiger partial charge on any atom is -0.463 e. The minimum atomic E-state index is -1.40. The fraction of sp³-hybridized carbons (Fsp3) is 0.634. The number of nitrogens with zero attached hydrogens (tertiary/aromatic N) is 2. The predicted octanol–water partition coefficient (Wildman–Crippen LogP) is 4.76. The molecule has 1 aromatic heterocycles. The molecule has 55 heavy (non-hydrogen) atoms. The number of rotatable bonds is 14. The van der Waals surface area contributed by atoms with Crippen molar-refractivity contribution in [3.63, 3.8) is 0 Å². The number of aromatic amines is 1. The van der Waals surface area contributed by atoms with Crippen LogP contribution >= 0.6 is 0 Å². The number of hydrogen-bond donors (Lipinski definition) is 2. The summed E-state index contributed by atoms with van der Waals surface area (Å²) >= 11 is 0. The molecule has 5 unspecified atom stereocenters. The normalized spacial score (nSPS) is 24.1. The standard InChI is InChI=1S/C41H58N4O10/c1-25(2)35-33(22-32-13-12-31(21-26(32)3)11-8-9-19-45-20-10-14-41(24-45)15-17-42-18-16-41)39(44-43-35)55-40-38(53-30(7)49)37(52-29(6)48)36(51-28(5)47)34(54-40)23-50-27(4)46/h8,11-13,21,25,34,36-38,40,42H,9-10,14-20,22-24H2,1-7H3,(H,43,44). The van der Waals surface area contributed by atoms with Crippen LogP contribution in [0, 0.1) is 12.3 Å². The van der Waals surface area contributed by atoms with Crippen LogP contribution in [-0.2, 0) is 49.3 Å². The molecule has 1 spiro atoms. The molecule has 3 saturated heterocycles. The monoisotopic (exact) mass is 766 g/mol.